The molecule has 0 radical (unpaired) electrons. The summed E-state index contributed by atoms with van der Waals surface area (Å²) in [5.74, 6) is -0.224. The van der Waals surface area contributed by atoms with E-state index in [1.807, 2.05) is 0 Å². The molecule has 0 aromatic carbocycles. The molecule has 0 aliphatic carbocycles. The van der Waals surface area contributed by atoms with Gasteiger partial charge in [0.1, 0.15) is 0 Å². The Morgan fingerprint density at radius 2 is 1.95 bits per heavy atom. The minimum atomic E-state index is -0.169. The van der Waals surface area contributed by atoms with Crippen LogP contribution in [-0.4, -0.2) is 48.3 Å². The molecule has 1 unspecified atom stereocenters. The second-order valence-corrected chi connectivity index (χ2v) is 6.26. The second kappa shape index (κ2) is 9.56. The molecular formula is C16H29N3O3. The molecule has 6 heteroatoms. The van der Waals surface area contributed by atoms with E-state index in [1.165, 1.54) is 4.90 Å². The molecule has 6 nitrogen and oxygen atoms in total. The molecule has 126 valence electrons. The summed E-state index contributed by atoms with van der Waals surface area (Å²) < 4.78 is 0. The minimum absolute atomic E-state index is 0.0552. The molecule has 2 N–H and O–H groups in total. The molecule has 0 aromatic heterocycles. The van der Waals surface area contributed by atoms with E-state index in [1.54, 1.807) is 6.92 Å². The first kappa shape index (κ1) is 18.6. The maximum atomic E-state index is 11.7. The predicted molar refractivity (Wildman–Crippen MR) is 85.1 cm³/mol. The van der Waals surface area contributed by atoms with Crippen molar-refractivity contribution in [2.24, 2.45) is 5.92 Å². The zero-order valence-corrected chi connectivity index (χ0v) is 14.0. The molecule has 1 aliphatic heterocycles. The van der Waals surface area contributed by atoms with Gasteiger partial charge in [-0.15, -0.1) is 0 Å². The highest BCUT2D eigenvalue weighted by molar-refractivity contribution is 6.03. The molecule has 1 aliphatic rings. The molecular weight excluding hydrogens is 282 g/mol. The standard InChI is InChI=1S/C16H29N3O3/c1-12(2)17-8-9-18-14(20)7-5-4-6-10-19-15(21)11-13(3)16(19)22/h12-13,17H,4-11H2,1-3H3,(H,18,20). The molecule has 1 saturated heterocycles. The summed E-state index contributed by atoms with van der Waals surface area (Å²) in [6.45, 7) is 7.84. The van der Waals surface area contributed by atoms with Gasteiger partial charge in [0.15, 0.2) is 0 Å². The van der Waals surface area contributed by atoms with E-state index in [0.717, 1.165) is 25.8 Å². The Labute approximate surface area is 133 Å². The van der Waals surface area contributed by atoms with Gasteiger partial charge < -0.3 is 10.6 Å². The van der Waals surface area contributed by atoms with Crippen LogP contribution in [0, 0.1) is 5.92 Å². The number of carbonyl (C=O) groups excluding carboxylic acids is 3. The van der Waals surface area contributed by atoms with Crippen LogP contribution in [0.3, 0.4) is 0 Å². The van der Waals surface area contributed by atoms with Gasteiger partial charge >= 0.3 is 0 Å². The van der Waals surface area contributed by atoms with Crippen molar-refractivity contribution in [2.75, 3.05) is 19.6 Å². The fourth-order valence-corrected chi connectivity index (χ4v) is 2.47. The maximum absolute atomic E-state index is 11.7. The lowest BCUT2D eigenvalue weighted by Crippen LogP contribution is -2.34. The monoisotopic (exact) mass is 311 g/mol. The van der Waals surface area contributed by atoms with Gasteiger partial charge in [0.2, 0.25) is 17.7 Å². The van der Waals surface area contributed by atoms with E-state index in [4.69, 9.17) is 0 Å². The van der Waals surface area contributed by atoms with Gasteiger partial charge in [-0.05, 0) is 12.8 Å². The molecule has 0 bridgehead atoms. The van der Waals surface area contributed by atoms with Crippen molar-refractivity contribution in [1.82, 2.24) is 15.5 Å². The summed E-state index contributed by atoms with van der Waals surface area (Å²) in [5.41, 5.74) is 0. The summed E-state index contributed by atoms with van der Waals surface area (Å²) in [5, 5.41) is 6.11. The normalized spacial score (nSPS) is 18.4. The lowest BCUT2D eigenvalue weighted by molar-refractivity contribution is -0.139. The Hall–Kier alpha value is -1.43. The number of nitrogens with one attached hydrogen (secondary N) is 2. The van der Waals surface area contributed by atoms with Crippen LogP contribution in [0.5, 0.6) is 0 Å². The van der Waals surface area contributed by atoms with Gasteiger partial charge in [0.25, 0.3) is 0 Å². The van der Waals surface area contributed by atoms with E-state index in [0.29, 0.717) is 32.0 Å². The molecule has 3 amide bonds. The van der Waals surface area contributed by atoms with Crippen LogP contribution in [0.2, 0.25) is 0 Å². The van der Waals surface area contributed by atoms with E-state index in [2.05, 4.69) is 24.5 Å². The molecule has 1 rings (SSSR count). The third kappa shape index (κ3) is 6.56. The Bertz CT molecular complexity index is 396. The van der Waals surface area contributed by atoms with Crippen molar-refractivity contribution < 1.29 is 14.4 Å². The van der Waals surface area contributed by atoms with Gasteiger partial charge in [0, 0.05) is 44.4 Å². The van der Waals surface area contributed by atoms with Gasteiger partial charge in [0.05, 0.1) is 0 Å². The number of imide groups is 1. The van der Waals surface area contributed by atoms with Crippen LogP contribution in [0.25, 0.3) is 0 Å². The van der Waals surface area contributed by atoms with Gasteiger partial charge in [-0.2, -0.15) is 0 Å². The van der Waals surface area contributed by atoms with E-state index in [-0.39, 0.29) is 23.6 Å². The molecule has 1 fully saturated rings. The third-order valence-corrected chi connectivity index (χ3v) is 3.75. The smallest absolute Gasteiger partial charge is 0.232 e. The van der Waals surface area contributed by atoms with Crippen LogP contribution in [0.1, 0.15) is 52.9 Å². The van der Waals surface area contributed by atoms with Gasteiger partial charge in [-0.1, -0.05) is 27.2 Å². The average molecular weight is 311 g/mol. The second-order valence-electron chi connectivity index (χ2n) is 6.26. The highest BCUT2D eigenvalue weighted by Gasteiger charge is 2.34. The molecule has 22 heavy (non-hydrogen) atoms. The number of rotatable bonds is 10. The number of hydrogen-bond donors (Lipinski definition) is 2. The molecule has 1 atom stereocenters. The molecule has 0 saturated carbocycles. The Morgan fingerprint density at radius 1 is 1.23 bits per heavy atom. The highest BCUT2D eigenvalue weighted by atomic mass is 16.2. The lowest BCUT2D eigenvalue weighted by atomic mass is 10.1. The van der Waals surface area contributed by atoms with Crippen molar-refractivity contribution in [3.05, 3.63) is 0 Å². The first-order chi connectivity index (χ1) is 10.4. The zero-order valence-electron chi connectivity index (χ0n) is 14.0. The SMILES string of the molecule is CC(C)NCCNC(=O)CCCCCN1C(=O)CC(C)C1=O. The predicted octanol–water partition coefficient (Wildman–Crippen LogP) is 1.06. The summed E-state index contributed by atoms with van der Waals surface area (Å²) >= 11 is 0. The van der Waals surface area contributed by atoms with Crippen LogP contribution < -0.4 is 10.6 Å². The van der Waals surface area contributed by atoms with E-state index < -0.39 is 0 Å². The van der Waals surface area contributed by atoms with Crippen LogP contribution in [0.15, 0.2) is 0 Å². The maximum Gasteiger partial charge on any atom is 0.232 e. The van der Waals surface area contributed by atoms with E-state index >= 15 is 0 Å². The Balaban J connectivity index is 2.02. The largest absolute Gasteiger partial charge is 0.355 e. The quantitative estimate of drug-likeness (QED) is 0.467. The van der Waals surface area contributed by atoms with Crippen LogP contribution in [0.4, 0.5) is 0 Å². The van der Waals surface area contributed by atoms with Crippen molar-refractivity contribution in [3.63, 3.8) is 0 Å². The average Bonchev–Trinajstić information content (AvgIpc) is 2.69. The van der Waals surface area contributed by atoms with Crippen molar-refractivity contribution in [2.45, 2.75) is 58.9 Å². The third-order valence-electron chi connectivity index (χ3n) is 3.75. The topological polar surface area (TPSA) is 78.5 Å². The number of amides is 3. The lowest BCUT2D eigenvalue weighted by Gasteiger charge is -2.13. The summed E-state index contributed by atoms with van der Waals surface area (Å²) in [6, 6.07) is 0.427. The summed E-state index contributed by atoms with van der Waals surface area (Å²) in [4.78, 5) is 36.3. The van der Waals surface area contributed by atoms with Crippen molar-refractivity contribution >= 4 is 17.7 Å². The Morgan fingerprint density at radius 3 is 2.55 bits per heavy atom. The molecule has 1 heterocycles. The first-order valence-corrected chi connectivity index (χ1v) is 8.26. The van der Waals surface area contributed by atoms with Gasteiger partial charge in [-0.3, -0.25) is 19.3 Å². The number of unbranched alkanes of at least 4 members (excludes halogenated alkanes) is 2. The highest BCUT2D eigenvalue weighted by Crippen LogP contribution is 2.19. The Kier molecular flexibility index (Phi) is 8.09. The summed E-state index contributed by atoms with van der Waals surface area (Å²) in [7, 11) is 0. The molecule has 0 spiro atoms. The number of nitrogens with zero attached hydrogens (tertiary/aromatic N) is 1. The summed E-state index contributed by atoms with van der Waals surface area (Å²) in [6.07, 6.45) is 3.25. The first-order valence-electron chi connectivity index (χ1n) is 8.26. The van der Waals surface area contributed by atoms with Crippen molar-refractivity contribution in [3.8, 4) is 0 Å². The fourth-order valence-electron chi connectivity index (χ4n) is 2.47. The van der Waals surface area contributed by atoms with E-state index in [9.17, 15) is 14.4 Å². The number of hydrogen-bond acceptors (Lipinski definition) is 4. The zero-order chi connectivity index (χ0) is 16.5. The number of carbonyl (C=O) groups is 3. The van der Waals surface area contributed by atoms with Crippen molar-refractivity contribution in [1.29, 1.82) is 0 Å². The van der Waals surface area contributed by atoms with Crippen LogP contribution in [-0.2, 0) is 14.4 Å². The van der Waals surface area contributed by atoms with Crippen LogP contribution >= 0.6 is 0 Å². The number of likely N-dealkylation sites (tertiary alicyclic amines) is 1. The fraction of sp³-hybridized carbons (Fsp3) is 0.812. The molecule has 0 aromatic rings. The van der Waals surface area contributed by atoms with Gasteiger partial charge in [-0.25, -0.2) is 0 Å². The minimum Gasteiger partial charge on any atom is -0.355 e.